The Kier molecular flexibility index (Phi) is 8.49. The van der Waals surface area contributed by atoms with E-state index in [1.807, 2.05) is 6.92 Å². The predicted molar refractivity (Wildman–Crippen MR) is 158 cm³/mol. The van der Waals surface area contributed by atoms with Crippen molar-refractivity contribution in [1.29, 1.82) is 0 Å². The molecular formula is C32H40N2O11. The van der Waals surface area contributed by atoms with Crippen LogP contribution in [0.3, 0.4) is 0 Å². The van der Waals surface area contributed by atoms with Crippen LogP contribution in [0.4, 0.5) is 4.79 Å². The van der Waals surface area contributed by atoms with Gasteiger partial charge in [-0.05, 0) is 71.3 Å². The average molecular weight is 629 g/mol. The quantitative estimate of drug-likeness (QED) is 0.217. The first kappa shape index (κ1) is 32.5. The van der Waals surface area contributed by atoms with Crippen molar-refractivity contribution < 1.29 is 53.2 Å². The van der Waals surface area contributed by atoms with Gasteiger partial charge in [0.15, 0.2) is 17.1 Å². The van der Waals surface area contributed by atoms with Gasteiger partial charge in [-0.1, -0.05) is 13.3 Å². The molecule has 0 saturated carbocycles. The molecule has 2 aromatic rings. The first-order valence-electron chi connectivity index (χ1n) is 15.0. The molecule has 1 aromatic heterocycles. The van der Waals surface area contributed by atoms with Crippen molar-refractivity contribution in [2.24, 2.45) is 11.8 Å². The Labute approximate surface area is 260 Å². The van der Waals surface area contributed by atoms with Gasteiger partial charge in [0.2, 0.25) is 5.78 Å². The number of aliphatic hydroxyl groups is 3. The van der Waals surface area contributed by atoms with Crippen molar-refractivity contribution >= 4 is 17.7 Å². The zero-order valence-corrected chi connectivity index (χ0v) is 26.6. The van der Waals surface area contributed by atoms with Gasteiger partial charge in [0, 0.05) is 22.6 Å². The first-order chi connectivity index (χ1) is 21.2. The lowest BCUT2D eigenvalue weighted by Crippen LogP contribution is -2.59. The van der Waals surface area contributed by atoms with E-state index in [2.05, 4.69) is 5.16 Å². The number of unbranched alkanes of at least 4 members (excludes halogenated alkanes) is 1. The Morgan fingerprint density at radius 1 is 1.22 bits per heavy atom. The fourth-order valence-corrected chi connectivity index (χ4v) is 6.75. The fraction of sp³-hybridized carbons (Fsp3) is 0.562. The number of nitrogens with zero attached hydrogens (tertiary/aromatic N) is 2. The summed E-state index contributed by atoms with van der Waals surface area (Å²) in [4.78, 5) is 42.9. The van der Waals surface area contributed by atoms with Gasteiger partial charge < -0.3 is 38.8 Å². The van der Waals surface area contributed by atoms with Crippen molar-refractivity contribution in [3.8, 4) is 17.4 Å². The Balaban J connectivity index is 1.67. The summed E-state index contributed by atoms with van der Waals surface area (Å²) in [6, 6.07) is 0.588. The molecule has 5 rings (SSSR count). The second-order valence-corrected chi connectivity index (χ2v) is 12.9. The normalized spacial score (nSPS) is 24.1. The Morgan fingerprint density at radius 2 is 1.93 bits per heavy atom. The largest absolute Gasteiger partial charge is 0.514 e. The third kappa shape index (κ3) is 5.26. The Morgan fingerprint density at radius 3 is 2.53 bits per heavy atom. The number of carbonyl (C=O) groups is 3. The number of aliphatic hydroxyl groups excluding tert-OH is 2. The van der Waals surface area contributed by atoms with E-state index >= 15 is 0 Å². The highest BCUT2D eigenvalue weighted by molar-refractivity contribution is 6.16. The number of hydrogen-bond acceptors (Lipinski definition) is 13. The lowest BCUT2D eigenvalue weighted by atomic mass is 9.58. The molecule has 4 atom stereocenters. The van der Waals surface area contributed by atoms with Crippen molar-refractivity contribution in [2.75, 3.05) is 27.8 Å². The van der Waals surface area contributed by atoms with E-state index in [1.165, 1.54) is 13.2 Å². The number of benzene rings is 1. The third-order valence-electron chi connectivity index (χ3n) is 8.60. The minimum absolute atomic E-state index is 0.0824. The molecule has 13 nitrogen and oxygen atoms in total. The summed E-state index contributed by atoms with van der Waals surface area (Å²) in [6.45, 7) is 6.71. The van der Waals surface area contributed by atoms with Crippen molar-refractivity contribution in [3.63, 3.8) is 0 Å². The lowest BCUT2D eigenvalue weighted by molar-refractivity contribution is -0.0559. The SMILES string of the molecule is CCCCOc1noc2c1C(=O)[C@@]1(O)C(O)=C3C(=O)c4c(OC(=O)OC(C)(C)C)cc(CO)c(OC)c4C[C@H]3C[C@H]1[C@@H]2N(C)C. The van der Waals surface area contributed by atoms with Crippen LogP contribution < -0.4 is 14.2 Å². The molecule has 0 saturated heterocycles. The van der Waals surface area contributed by atoms with E-state index in [0.29, 0.717) is 12.0 Å². The zero-order chi connectivity index (χ0) is 33.0. The van der Waals surface area contributed by atoms with Crippen LogP contribution in [0.1, 0.15) is 90.6 Å². The number of carbonyl (C=O) groups excluding carboxylic acids is 3. The second kappa shape index (κ2) is 11.8. The zero-order valence-electron chi connectivity index (χ0n) is 26.6. The molecule has 0 fully saturated rings. The summed E-state index contributed by atoms with van der Waals surface area (Å²) in [5.41, 5.74) is -3.13. The summed E-state index contributed by atoms with van der Waals surface area (Å²) >= 11 is 0. The molecule has 0 aliphatic heterocycles. The summed E-state index contributed by atoms with van der Waals surface area (Å²) in [7, 11) is 4.89. The molecule has 0 radical (unpaired) electrons. The molecule has 13 heteroatoms. The monoisotopic (exact) mass is 628 g/mol. The molecule has 3 aliphatic rings. The summed E-state index contributed by atoms with van der Waals surface area (Å²) in [5.74, 6) is -3.89. The number of fused-ring (bicyclic) bond motifs is 4. The van der Waals surface area contributed by atoms with Crippen LogP contribution in [0, 0.1) is 11.8 Å². The molecule has 3 aliphatic carbocycles. The number of aromatic nitrogens is 1. The van der Waals surface area contributed by atoms with Gasteiger partial charge >= 0.3 is 6.16 Å². The van der Waals surface area contributed by atoms with Gasteiger partial charge in [-0.15, -0.1) is 0 Å². The third-order valence-corrected chi connectivity index (χ3v) is 8.60. The molecule has 0 spiro atoms. The molecular weight excluding hydrogens is 588 g/mol. The molecule has 45 heavy (non-hydrogen) atoms. The highest BCUT2D eigenvalue weighted by Crippen LogP contribution is 2.57. The maximum Gasteiger partial charge on any atom is 0.514 e. The van der Waals surface area contributed by atoms with Crippen LogP contribution in [0.15, 0.2) is 21.9 Å². The lowest BCUT2D eigenvalue weighted by Gasteiger charge is -2.49. The van der Waals surface area contributed by atoms with Crippen LogP contribution in [0.25, 0.3) is 0 Å². The van der Waals surface area contributed by atoms with Crippen LogP contribution in [-0.2, 0) is 17.8 Å². The molecule has 0 amide bonds. The standard InChI is InChI=1S/C32H40N2O11/c1-8-9-10-42-29-22-26(45-33-29)23(34(5)6)18-12-15-11-17-21(24(36)20(15)27(37)32(18,40)28(22)38)19(13-16(14-35)25(17)41-7)43-30(39)44-31(2,3)4/h13,15,18,23,35,37,40H,8-12,14H2,1-7H3/t15-,18-,23-,32-/m0/s1. The molecule has 0 unspecified atom stereocenters. The van der Waals surface area contributed by atoms with E-state index in [0.717, 1.165) is 6.42 Å². The van der Waals surface area contributed by atoms with Gasteiger partial charge in [-0.2, -0.15) is 0 Å². The number of ketones is 2. The van der Waals surface area contributed by atoms with E-state index in [4.69, 9.17) is 23.5 Å². The number of allylic oxidation sites excluding steroid dienone is 1. The van der Waals surface area contributed by atoms with Crippen molar-refractivity contribution in [3.05, 3.63) is 45.4 Å². The maximum atomic E-state index is 14.3. The summed E-state index contributed by atoms with van der Waals surface area (Å²) in [5, 5.41) is 38.1. The van der Waals surface area contributed by atoms with E-state index in [1.54, 1.807) is 39.8 Å². The molecule has 1 heterocycles. The number of Topliss-reactive ketones (excluding diaryl/α,β-unsaturated/α-hetero) is 2. The number of hydrogen-bond donors (Lipinski definition) is 3. The van der Waals surface area contributed by atoms with E-state index in [9.17, 15) is 29.7 Å². The van der Waals surface area contributed by atoms with Gasteiger partial charge in [0.25, 0.3) is 5.88 Å². The molecule has 244 valence electrons. The van der Waals surface area contributed by atoms with Gasteiger partial charge in [0.05, 0.1) is 31.9 Å². The van der Waals surface area contributed by atoms with Crippen LogP contribution in [0.2, 0.25) is 0 Å². The fourth-order valence-electron chi connectivity index (χ4n) is 6.75. The smallest absolute Gasteiger partial charge is 0.508 e. The molecule has 1 aromatic carbocycles. The van der Waals surface area contributed by atoms with Crippen LogP contribution in [-0.4, -0.2) is 82.1 Å². The predicted octanol–water partition coefficient (Wildman–Crippen LogP) is 4.09. The van der Waals surface area contributed by atoms with Crippen LogP contribution >= 0.6 is 0 Å². The maximum absolute atomic E-state index is 14.3. The summed E-state index contributed by atoms with van der Waals surface area (Å²) in [6.07, 6.45) is 0.650. The Hall–Kier alpha value is -3.94. The second-order valence-electron chi connectivity index (χ2n) is 12.9. The first-order valence-corrected chi connectivity index (χ1v) is 15.0. The minimum atomic E-state index is -2.50. The highest BCUT2D eigenvalue weighted by Gasteiger charge is 2.64. The highest BCUT2D eigenvalue weighted by atomic mass is 16.7. The van der Waals surface area contributed by atoms with Crippen LogP contribution in [0.5, 0.6) is 17.4 Å². The molecule has 3 N–H and O–H groups in total. The van der Waals surface area contributed by atoms with Gasteiger partial charge in [0.1, 0.15) is 28.4 Å². The Bertz CT molecular complexity index is 1570. The van der Waals surface area contributed by atoms with Crippen molar-refractivity contribution in [2.45, 2.75) is 77.2 Å². The average Bonchev–Trinajstić information content (AvgIpc) is 3.36. The number of ether oxygens (including phenoxy) is 4. The molecule has 0 bridgehead atoms. The number of rotatable bonds is 8. The minimum Gasteiger partial charge on any atom is -0.508 e. The topological polar surface area (TPSA) is 178 Å². The van der Waals surface area contributed by atoms with Gasteiger partial charge in [-0.25, -0.2) is 4.79 Å². The van der Waals surface area contributed by atoms with E-state index in [-0.39, 0.29) is 64.9 Å². The number of methoxy groups -OCH3 is 1. The van der Waals surface area contributed by atoms with Gasteiger partial charge in [-0.3, -0.25) is 14.5 Å². The van der Waals surface area contributed by atoms with E-state index < -0.39 is 59.2 Å². The van der Waals surface area contributed by atoms with Crippen molar-refractivity contribution in [1.82, 2.24) is 10.1 Å². The summed E-state index contributed by atoms with van der Waals surface area (Å²) < 4.78 is 27.8.